The molecular weight excluding hydrogens is 412 g/mol. The Kier molecular flexibility index (Phi) is 7.71. The highest BCUT2D eigenvalue weighted by molar-refractivity contribution is 5.94. The number of rotatable bonds is 8. The first-order valence-corrected chi connectivity index (χ1v) is 10.1. The molecule has 0 bridgehead atoms. The van der Waals surface area contributed by atoms with Crippen LogP contribution in [-0.2, 0) is 11.3 Å². The number of amides is 2. The van der Waals surface area contributed by atoms with E-state index in [0.29, 0.717) is 16.9 Å². The van der Waals surface area contributed by atoms with Crippen LogP contribution in [0, 0.1) is 0 Å². The summed E-state index contributed by atoms with van der Waals surface area (Å²) in [6.45, 7) is 2.26. The Morgan fingerprint density at radius 3 is 2.59 bits per heavy atom. The number of nitrogens with one attached hydrogen (secondary N) is 2. The molecule has 0 aliphatic rings. The van der Waals surface area contributed by atoms with Crippen LogP contribution in [0.3, 0.4) is 0 Å². The first-order chi connectivity index (χ1) is 15.5. The van der Waals surface area contributed by atoms with Gasteiger partial charge in [0, 0.05) is 29.4 Å². The van der Waals surface area contributed by atoms with Crippen LogP contribution in [0.15, 0.2) is 65.5 Å². The monoisotopic (exact) mass is 436 g/mol. The number of aromatic nitrogens is 2. The number of carbonyl (C=O) groups excluding carboxylic acids is 2. The van der Waals surface area contributed by atoms with Crippen molar-refractivity contribution < 1.29 is 19.4 Å². The molecule has 3 N–H and O–H groups in total. The number of aliphatic hydroxyl groups is 1. The van der Waals surface area contributed by atoms with Gasteiger partial charge in [0.15, 0.2) is 0 Å². The van der Waals surface area contributed by atoms with Crippen LogP contribution in [0.4, 0.5) is 10.5 Å². The van der Waals surface area contributed by atoms with Crippen molar-refractivity contribution in [1.82, 2.24) is 15.1 Å². The number of hydrogen-bond donors (Lipinski definition) is 3. The van der Waals surface area contributed by atoms with E-state index in [1.165, 1.54) is 10.7 Å². The third-order valence-electron chi connectivity index (χ3n) is 4.49. The lowest BCUT2D eigenvalue weighted by atomic mass is 10.1. The molecule has 0 unspecified atom stereocenters. The zero-order chi connectivity index (χ0) is 22.9. The normalized spacial score (nSPS) is 10.4. The fourth-order valence-electron chi connectivity index (χ4n) is 2.99. The molecule has 1 heterocycles. The van der Waals surface area contributed by atoms with Crippen molar-refractivity contribution in [1.29, 1.82) is 0 Å². The Morgan fingerprint density at radius 1 is 1.09 bits per heavy atom. The van der Waals surface area contributed by atoms with E-state index in [1.54, 1.807) is 55.5 Å². The van der Waals surface area contributed by atoms with Crippen LogP contribution >= 0.6 is 0 Å². The maximum Gasteiger partial charge on any atom is 0.411 e. The lowest BCUT2D eigenvalue weighted by molar-refractivity contribution is 0.0944. The minimum Gasteiger partial charge on any atom is -0.450 e. The Balaban J connectivity index is 1.77. The molecule has 9 heteroatoms. The van der Waals surface area contributed by atoms with E-state index < -0.39 is 6.09 Å². The van der Waals surface area contributed by atoms with E-state index >= 15 is 0 Å². The number of anilines is 1. The topological polar surface area (TPSA) is 123 Å². The molecule has 2 aromatic carbocycles. The van der Waals surface area contributed by atoms with Crippen LogP contribution in [0.2, 0.25) is 0 Å². The maximum atomic E-state index is 12.3. The number of benzene rings is 2. The molecule has 0 aliphatic carbocycles. The first kappa shape index (κ1) is 22.7. The van der Waals surface area contributed by atoms with Crippen LogP contribution in [0.5, 0.6) is 0 Å². The van der Waals surface area contributed by atoms with Gasteiger partial charge in [-0.25, -0.2) is 9.48 Å². The third-order valence-corrected chi connectivity index (χ3v) is 4.49. The van der Waals surface area contributed by atoms with Gasteiger partial charge in [-0.15, -0.1) is 0 Å². The highest BCUT2D eigenvalue weighted by Crippen LogP contribution is 2.17. The zero-order valence-corrected chi connectivity index (χ0v) is 17.6. The summed E-state index contributed by atoms with van der Waals surface area (Å²) in [6, 6.07) is 16.9. The lowest BCUT2D eigenvalue weighted by Gasteiger charge is -2.10. The molecule has 0 saturated carbocycles. The van der Waals surface area contributed by atoms with E-state index in [2.05, 4.69) is 15.7 Å². The molecule has 0 atom stereocenters. The Labute approximate surface area is 184 Å². The average Bonchev–Trinajstić information content (AvgIpc) is 2.79. The summed E-state index contributed by atoms with van der Waals surface area (Å²) in [5, 5.41) is 18.5. The van der Waals surface area contributed by atoms with Crippen molar-refractivity contribution in [2.45, 2.75) is 13.5 Å². The van der Waals surface area contributed by atoms with E-state index in [0.717, 1.165) is 11.1 Å². The van der Waals surface area contributed by atoms with Gasteiger partial charge in [0.1, 0.15) is 0 Å². The summed E-state index contributed by atoms with van der Waals surface area (Å²) in [7, 11) is 0. The number of ether oxygens (including phenoxy) is 1. The second-order valence-corrected chi connectivity index (χ2v) is 6.82. The highest BCUT2D eigenvalue weighted by Gasteiger charge is 2.09. The third kappa shape index (κ3) is 6.02. The highest BCUT2D eigenvalue weighted by atomic mass is 16.5. The molecule has 0 fully saturated rings. The van der Waals surface area contributed by atoms with Gasteiger partial charge in [0.2, 0.25) is 0 Å². The molecule has 2 amide bonds. The van der Waals surface area contributed by atoms with Crippen molar-refractivity contribution in [2.24, 2.45) is 0 Å². The number of aliphatic hydroxyl groups excluding tert-OH is 1. The largest absolute Gasteiger partial charge is 0.450 e. The van der Waals surface area contributed by atoms with Gasteiger partial charge in [-0.1, -0.05) is 24.3 Å². The Morgan fingerprint density at radius 2 is 1.88 bits per heavy atom. The summed E-state index contributed by atoms with van der Waals surface area (Å²) in [5.41, 5.74) is 2.85. The van der Waals surface area contributed by atoms with Gasteiger partial charge in [-0.3, -0.25) is 14.9 Å². The first-order valence-electron chi connectivity index (χ1n) is 10.1. The molecule has 0 radical (unpaired) electrons. The standard InChI is InChI=1S/C23H24N4O5/c1-2-32-23(31)25-19-5-3-4-16(14-19)15-27-21(29)11-10-20(26-27)17-6-8-18(9-7-17)22(30)24-12-13-28/h3-11,14,28H,2,12-13,15H2,1H3,(H,24,30)(H,25,31). The Hall–Kier alpha value is -3.98. The van der Waals surface area contributed by atoms with Gasteiger partial charge >= 0.3 is 6.09 Å². The minimum atomic E-state index is -0.546. The molecule has 32 heavy (non-hydrogen) atoms. The predicted molar refractivity (Wildman–Crippen MR) is 120 cm³/mol. The maximum absolute atomic E-state index is 12.3. The van der Waals surface area contributed by atoms with Crippen molar-refractivity contribution in [3.63, 3.8) is 0 Å². The molecule has 3 rings (SSSR count). The summed E-state index contributed by atoms with van der Waals surface area (Å²) in [6.07, 6.45) is -0.546. The summed E-state index contributed by atoms with van der Waals surface area (Å²) in [5.74, 6) is -0.278. The van der Waals surface area contributed by atoms with Crippen molar-refractivity contribution in [3.8, 4) is 11.3 Å². The average molecular weight is 436 g/mol. The van der Waals surface area contributed by atoms with Gasteiger partial charge in [0.25, 0.3) is 11.5 Å². The molecule has 3 aromatic rings. The SMILES string of the molecule is CCOC(=O)Nc1cccc(Cn2nc(-c3ccc(C(=O)NCCO)cc3)ccc2=O)c1. The second-order valence-electron chi connectivity index (χ2n) is 6.82. The number of nitrogens with zero attached hydrogens (tertiary/aromatic N) is 2. The Bertz CT molecular complexity index is 1140. The molecule has 0 saturated heterocycles. The number of hydrogen-bond acceptors (Lipinski definition) is 6. The van der Waals surface area contributed by atoms with Gasteiger partial charge in [-0.05, 0) is 42.8 Å². The van der Waals surface area contributed by atoms with Gasteiger partial charge < -0.3 is 15.2 Å². The molecule has 0 aliphatic heterocycles. The van der Waals surface area contributed by atoms with Crippen molar-refractivity contribution in [3.05, 3.63) is 82.1 Å². The molecule has 0 spiro atoms. The summed E-state index contributed by atoms with van der Waals surface area (Å²) >= 11 is 0. The van der Waals surface area contributed by atoms with E-state index in [1.807, 2.05) is 6.07 Å². The molecular formula is C23H24N4O5. The van der Waals surface area contributed by atoms with Crippen molar-refractivity contribution >= 4 is 17.7 Å². The molecule has 1 aromatic heterocycles. The number of carbonyl (C=O) groups is 2. The quantitative estimate of drug-likeness (QED) is 0.498. The van der Waals surface area contributed by atoms with Crippen LogP contribution in [-0.4, -0.2) is 46.6 Å². The second kappa shape index (κ2) is 10.9. The molecule has 166 valence electrons. The van der Waals surface area contributed by atoms with E-state index in [-0.39, 0.29) is 37.8 Å². The lowest BCUT2D eigenvalue weighted by Crippen LogP contribution is -2.26. The summed E-state index contributed by atoms with van der Waals surface area (Å²) < 4.78 is 6.21. The fraction of sp³-hybridized carbons (Fsp3) is 0.217. The minimum absolute atomic E-state index is 0.128. The zero-order valence-electron chi connectivity index (χ0n) is 17.6. The smallest absolute Gasteiger partial charge is 0.411 e. The summed E-state index contributed by atoms with van der Waals surface area (Å²) in [4.78, 5) is 35.9. The van der Waals surface area contributed by atoms with Crippen molar-refractivity contribution in [2.75, 3.05) is 25.1 Å². The van der Waals surface area contributed by atoms with Crippen LogP contribution in [0.1, 0.15) is 22.8 Å². The van der Waals surface area contributed by atoms with Gasteiger partial charge in [0.05, 0.1) is 25.5 Å². The fourth-order valence-corrected chi connectivity index (χ4v) is 2.99. The van der Waals surface area contributed by atoms with Crippen LogP contribution in [0.25, 0.3) is 11.3 Å². The predicted octanol–water partition coefficient (Wildman–Crippen LogP) is 2.25. The molecule has 9 nitrogen and oxygen atoms in total. The van der Waals surface area contributed by atoms with E-state index in [4.69, 9.17) is 9.84 Å². The van der Waals surface area contributed by atoms with Gasteiger partial charge in [-0.2, -0.15) is 5.10 Å². The van der Waals surface area contributed by atoms with Crippen LogP contribution < -0.4 is 16.2 Å². The van der Waals surface area contributed by atoms with E-state index in [9.17, 15) is 14.4 Å².